The van der Waals surface area contributed by atoms with E-state index < -0.39 is 0 Å². The van der Waals surface area contributed by atoms with Crippen molar-refractivity contribution in [1.29, 1.82) is 0 Å². The van der Waals surface area contributed by atoms with E-state index in [4.69, 9.17) is 4.74 Å². The van der Waals surface area contributed by atoms with Gasteiger partial charge in [-0.05, 0) is 32.4 Å². The molecule has 0 aliphatic carbocycles. The van der Waals surface area contributed by atoms with Gasteiger partial charge in [0.1, 0.15) is 11.6 Å². The van der Waals surface area contributed by atoms with Gasteiger partial charge in [0.05, 0.1) is 20.2 Å². The van der Waals surface area contributed by atoms with Crippen LogP contribution in [0.1, 0.15) is 29.7 Å². The monoisotopic (exact) mass is 458 g/mol. The number of hydrogen-bond acceptors (Lipinski definition) is 4. The lowest BCUT2D eigenvalue weighted by Gasteiger charge is -2.12. The lowest BCUT2D eigenvalue weighted by atomic mass is 10.1. The Morgan fingerprint density at radius 3 is 2.60 bits per heavy atom. The van der Waals surface area contributed by atoms with Crippen molar-refractivity contribution in [2.75, 3.05) is 13.7 Å². The Bertz CT molecular complexity index is 713. The van der Waals surface area contributed by atoms with E-state index in [1.54, 1.807) is 7.11 Å². The Balaban J connectivity index is 0.00000312. The van der Waals surface area contributed by atoms with Gasteiger partial charge in [0.25, 0.3) is 0 Å². The molecule has 0 bridgehead atoms. The lowest BCUT2D eigenvalue weighted by molar-refractivity contribution is 0.409. The average Bonchev–Trinajstić information content (AvgIpc) is 2.90. The van der Waals surface area contributed by atoms with Crippen molar-refractivity contribution in [2.45, 2.75) is 33.9 Å². The van der Waals surface area contributed by atoms with Gasteiger partial charge < -0.3 is 19.9 Å². The van der Waals surface area contributed by atoms with Gasteiger partial charge in [0.15, 0.2) is 11.8 Å². The molecule has 0 unspecified atom stereocenters. The fourth-order valence-corrected chi connectivity index (χ4v) is 2.26. The number of halogens is 1. The molecule has 25 heavy (non-hydrogen) atoms. The van der Waals surface area contributed by atoms with E-state index in [9.17, 15) is 0 Å². The molecule has 2 aromatic rings. The normalized spacial score (nSPS) is 11.0. The van der Waals surface area contributed by atoms with Crippen LogP contribution in [0.15, 0.2) is 23.2 Å². The minimum Gasteiger partial charge on any atom is -0.496 e. The largest absolute Gasteiger partial charge is 0.496 e. The van der Waals surface area contributed by atoms with E-state index in [1.807, 2.05) is 44.5 Å². The zero-order chi connectivity index (χ0) is 17.5. The summed E-state index contributed by atoms with van der Waals surface area (Å²) in [5.74, 6) is 3.35. The quantitative estimate of drug-likeness (QED) is 0.395. The molecule has 0 aliphatic heterocycles. The van der Waals surface area contributed by atoms with Gasteiger partial charge in [-0.1, -0.05) is 12.1 Å². The lowest BCUT2D eigenvalue weighted by Crippen LogP contribution is -2.37. The molecule has 0 aliphatic rings. The van der Waals surface area contributed by atoms with Crippen LogP contribution in [0.3, 0.4) is 0 Å². The molecular formula is C17H27IN6O. The van der Waals surface area contributed by atoms with Crippen molar-refractivity contribution in [2.24, 2.45) is 12.0 Å². The average molecular weight is 458 g/mol. The molecule has 138 valence electrons. The fraction of sp³-hybridized carbons (Fsp3) is 0.471. The summed E-state index contributed by atoms with van der Waals surface area (Å²) in [7, 11) is 3.63. The maximum absolute atomic E-state index is 5.43. The van der Waals surface area contributed by atoms with Crippen molar-refractivity contribution >= 4 is 29.9 Å². The standard InChI is InChI=1S/C17H26N6O.HI/c1-6-18-17(20-11-16-22-21-13(3)23(16)4)19-10-14-8-7-12(2)9-15(14)24-5;/h7-9H,6,10-11H2,1-5H3,(H2,18,19,20);1H. The number of aliphatic imine (C=N–C) groups is 1. The molecule has 0 spiro atoms. The third-order valence-electron chi connectivity index (χ3n) is 3.79. The number of guanidine groups is 1. The van der Waals surface area contributed by atoms with Crippen LogP contribution in [0.2, 0.25) is 0 Å². The first-order valence-corrected chi connectivity index (χ1v) is 8.05. The molecule has 0 radical (unpaired) electrons. The van der Waals surface area contributed by atoms with Crippen LogP contribution in [0.4, 0.5) is 0 Å². The zero-order valence-corrected chi connectivity index (χ0v) is 17.8. The molecule has 7 nitrogen and oxygen atoms in total. The Labute approximate surface area is 166 Å². The van der Waals surface area contributed by atoms with E-state index >= 15 is 0 Å². The number of methoxy groups -OCH3 is 1. The van der Waals surface area contributed by atoms with E-state index in [-0.39, 0.29) is 24.0 Å². The van der Waals surface area contributed by atoms with Gasteiger partial charge in [-0.15, -0.1) is 34.2 Å². The number of hydrogen-bond donors (Lipinski definition) is 2. The minimum atomic E-state index is 0. The second kappa shape index (κ2) is 10.2. The Kier molecular flexibility index (Phi) is 8.67. The van der Waals surface area contributed by atoms with Crippen LogP contribution < -0.4 is 15.4 Å². The Hall–Kier alpha value is -1.84. The molecule has 1 heterocycles. The molecule has 2 N–H and O–H groups in total. The maximum Gasteiger partial charge on any atom is 0.191 e. The van der Waals surface area contributed by atoms with Crippen molar-refractivity contribution in [3.05, 3.63) is 41.0 Å². The summed E-state index contributed by atoms with van der Waals surface area (Å²) in [5, 5.41) is 14.7. The van der Waals surface area contributed by atoms with Crippen LogP contribution in [-0.4, -0.2) is 34.4 Å². The van der Waals surface area contributed by atoms with Crippen molar-refractivity contribution in [3.63, 3.8) is 0 Å². The Morgan fingerprint density at radius 1 is 1.24 bits per heavy atom. The highest BCUT2D eigenvalue weighted by Gasteiger charge is 2.07. The molecule has 0 saturated carbocycles. The van der Waals surface area contributed by atoms with Crippen molar-refractivity contribution < 1.29 is 4.74 Å². The SMILES string of the molecule is CCNC(=NCc1ccc(C)cc1OC)NCc1nnc(C)n1C.I. The summed E-state index contributed by atoms with van der Waals surface area (Å²) in [5.41, 5.74) is 2.22. The van der Waals surface area contributed by atoms with E-state index in [1.165, 1.54) is 5.56 Å². The molecule has 1 aromatic heterocycles. The van der Waals surface area contributed by atoms with Crippen LogP contribution in [0, 0.1) is 13.8 Å². The zero-order valence-electron chi connectivity index (χ0n) is 15.5. The smallest absolute Gasteiger partial charge is 0.191 e. The minimum absolute atomic E-state index is 0. The summed E-state index contributed by atoms with van der Waals surface area (Å²) < 4.78 is 7.39. The van der Waals surface area contributed by atoms with Crippen LogP contribution >= 0.6 is 24.0 Å². The van der Waals surface area contributed by atoms with E-state index in [2.05, 4.69) is 31.9 Å². The molecule has 2 rings (SSSR count). The number of benzene rings is 1. The molecule has 0 fully saturated rings. The number of rotatable bonds is 6. The van der Waals surface area contributed by atoms with E-state index in [0.29, 0.717) is 13.1 Å². The van der Waals surface area contributed by atoms with Gasteiger partial charge >= 0.3 is 0 Å². The van der Waals surface area contributed by atoms with Gasteiger partial charge in [-0.25, -0.2) is 4.99 Å². The Morgan fingerprint density at radius 2 is 2.00 bits per heavy atom. The first kappa shape index (κ1) is 21.2. The highest BCUT2D eigenvalue weighted by atomic mass is 127. The second-order valence-corrected chi connectivity index (χ2v) is 5.59. The summed E-state index contributed by atoms with van der Waals surface area (Å²) in [4.78, 5) is 4.63. The van der Waals surface area contributed by atoms with Crippen LogP contribution in [0.5, 0.6) is 5.75 Å². The first-order valence-electron chi connectivity index (χ1n) is 8.05. The molecule has 0 atom stereocenters. The molecule has 0 amide bonds. The maximum atomic E-state index is 5.43. The van der Waals surface area contributed by atoms with Gasteiger partial charge in [0.2, 0.25) is 0 Å². The molecule has 0 saturated heterocycles. The van der Waals surface area contributed by atoms with Crippen molar-refractivity contribution in [1.82, 2.24) is 25.4 Å². The predicted molar refractivity (Wildman–Crippen MR) is 111 cm³/mol. The first-order chi connectivity index (χ1) is 11.5. The highest BCUT2D eigenvalue weighted by molar-refractivity contribution is 14.0. The third-order valence-corrected chi connectivity index (χ3v) is 3.79. The highest BCUT2D eigenvalue weighted by Crippen LogP contribution is 2.20. The van der Waals surface area contributed by atoms with Gasteiger partial charge in [-0.2, -0.15) is 0 Å². The van der Waals surface area contributed by atoms with Gasteiger partial charge in [0, 0.05) is 19.2 Å². The molecule has 1 aromatic carbocycles. The number of aryl methyl sites for hydroxylation is 2. The number of ether oxygens (including phenoxy) is 1. The number of nitrogens with one attached hydrogen (secondary N) is 2. The topological polar surface area (TPSA) is 76.4 Å². The fourth-order valence-electron chi connectivity index (χ4n) is 2.26. The molecular weight excluding hydrogens is 431 g/mol. The van der Waals surface area contributed by atoms with Crippen molar-refractivity contribution in [3.8, 4) is 5.75 Å². The van der Waals surface area contributed by atoms with Gasteiger partial charge in [-0.3, -0.25) is 0 Å². The summed E-state index contributed by atoms with van der Waals surface area (Å²) in [6.45, 7) is 7.90. The third kappa shape index (κ3) is 5.87. The summed E-state index contributed by atoms with van der Waals surface area (Å²) in [6, 6.07) is 6.14. The number of aromatic nitrogens is 3. The second-order valence-electron chi connectivity index (χ2n) is 5.59. The van der Waals surface area contributed by atoms with Crippen LogP contribution in [-0.2, 0) is 20.1 Å². The predicted octanol–water partition coefficient (Wildman–Crippen LogP) is 2.31. The number of nitrogens with zero attached hydrogens (tertiary/aromatic N) is 4. The van der Waals surface area contributed by atoms with Crippen LogP contribution in [0.25, 0.3) is 0 Å². The molecule has 8 heteroatoms. The van der Waals surface area contributed by atoms with E-state index in [0.717, 1.165) is 35.5 Å². The summed E-state index contributed by atoms with van der Waals surface area (Å²) >= 11 is 0. The summed E-state index contributed by atoms with van der Waals surface area (Å²) in [6.07, 6.45) is 0.